The number of halogens is 1. The molecule has 1 unspecified atom stereocenters. The van der Waals surface area contributed by atoms with Gasteiger partial charge in [0.05, 0.1) is 19.3 Å². The summed E-state index contributed by atoms with van der Waals surface area (Å²) in [5.74, 6) is 1.25. The van der Waals surface area contributed by atoms with Gasteiger partial charge in [0.15, 0.2) is 0 Å². The van der Waals surface area contributed by atoms with E-state index in [0.29, 0.717) is 23.5 Å². The maximum Gasteiger partial charge on any atom is 0.223 e. The minimum absolute atomic E-state index is 0.0925. The van der Waals surface area contributed by atoms with Gasteiger partial charge in [0, 0.05) is 41.8 Å². The van der Waals surface area contributed by atoms with Crippen molar-refractivity contribution in [2.75, 3.05) is 24.3 Å². The summed E-state index contributed by atoms with van der Waals surface area (Å²) >= 11 is 3.44. The van der Waals surface area contributed by atoms with E-state index in [9.17, 15) is 4.79 Å². The summed E-state index contributed by atoms with van der Waals surface area (Å²) in [7, 11) is 1.65. The Balaban J connectivity index is 1.99. The number of carbonyl (C=O) groups excluding carboxylic acids is 1. The van der Waals surface area contributed by atoms with Crippen LogP contribution in [0.15, 0.2) is 10.8 Å². The summed E-state index contributed by atoms with van der Waals surface area (Å²) in [4.78, 5) is 26.6. The predicted octanol–water partition coefficient (Wildman–Crippen LogP) is 1.82. The maximum atomic E-state index is 11.5. The first kappa shape index (κ1) is 18.4. The van der Waals surface area contributed by atoms with Crippen molar-refractivity contribution in [3.8, 4) is 5.75 Å². The van der Waals surface area contributed by atoms with Gasteiger partial charge in [0.2, 0.25) is 11.9 Å². The van der Waals surface area contributed by atoms with E-state index in [1.165, 1.54) is 0 Å². The number of pyridine rings is 1. The molecule has 0 bridgehead atoms. The number of hydrogen-bond donors (Lipinski definition) is 2. The number of ether oxygens (including phenoxy) is 1. The zero-order valence-electron chi connectivity index (χ0n) is 14.9. The molecule has 0 saturated heterocycles. The number of fused-ring (bicyclic) bond motifs is 1. The molecule has 3 heterocycles. The van der Waals surface area contributed by atoms with Gasteiger partial charge >= 0.3 is 0 Å². The molecule has 0 spiro atoms. The lowest BCUT2D eigenvalue weighted by Gasteiger charge is -2.21. The van der Waals surface area contributed by atoms with Crippen molar-refractivity contribution in [1.82, 2.24) is 15.0 Å². The molecule has 9 heteroatoms. The van der Waals surface area contributed by atoms with Crippen LogP contribution in [-0.4, -0.2) is 34.5 Å². The van der Waals surface area contributed by atoms with Crippen LogP contribution in [0.1, 0.15) is 34.7 Å². The number of aryl methyl sites for hydroxylation is 1. The normalized spacial score (nSPS) is 15.8. The quantitative estimate of drug-likeness (QED) is 0.707. The number of nitrogens with zero attached hydrogens (tertiary/aromatic N) is 4. The average Bonchev–Trinajstić information content (AvgIpc) is 2.87. The molecule has 138 valence electrons. The van der Waals surface area contributed by atoms with E-state index in [2.05, 4.69) is 35.8 Å². The number of methoxy groups -OCH3 is 1. The zero-order chi connectivity index (χ0) is 19.0. The van der Waals surface area contributed by atoms with Crippen LogP contribution in [0, 0.1) is 13.8 Å². The highest BCUT2D eigenvalue weighted by molar-refractivity contribution is 9.10. The van der Waals surface area contributed by atoms with Crippen molar-refractivity contribution in [2.45, 2.75) is 32.7 Å². The summed E-state index contributed by atoms with van der Waals surface area (Å²) in [6.45, 7) is 5.05. The third-order valence-electron chi connectivity index (χ3n) is 4.58. The summed E-state index contributed by atoms with van der Waals surface area (Å²) in [5, 5.41) is 0. The number of nitrogen functional groups attached to an aromatic ring is 1. The van der Waals surface area contributed by atoms with Crippen LogP contribution in [0.5, 0.6) is 5.75 Å². The first-order valence-electron chi connectivity index (χ1n) is 8.17. The van der Waals surface area contributed by atoms with Gasteiger partial charge in [-0.3, -0.25) is 9.78 Å². The molecule has 2 aromatic heterocycles. The summed E-state index contributed by atoms with van der Waals surface area (Å²) in [6.07, 6.45) is 2.02. The minimum atomic E-state index is -0.363. The van der Waals surface area contributed by atoms with Crippen molar-refractivity contribution in [3.05, 3.63) is 33.2 Å². The van der Waals surface area contributed by atoms with E-state index in [0.717, 1.165) is 28.1 Å². The number of amides is 1. The number of aromatic nitrogens is 3. The molecule has 1 atom stereocenters. The summed E-state index contributed by atoms with van der Waals surface area (Å²) in [5.41, 5.74) is 14.9. The molecule has 8 nitrogen and oxygen atoms in total. The Morgan fingerprint density at radius 2 is 2.15 bits per heavy atom. The van der Waals surface area contributed by atoms with Crippen LogP contribution in [0.4, 0.5) is 11.8 Å². The van der Waals surface area contributed by atoms with Gasteiger partial charge in [-0.2, -0.15) is 4.98 Å². The first-order chi connectivity index (χ1) is 12.3. The maximum absolute atomic E-state index is 11.5. The minimum Gasteiger partial charge on any atom is -0.496 e. The van der Waals surface area contributed by atoms with Crippen molar-refractivity contribution < 1.29 is 9.53 Å². The summed E-state index contributed by atoms with van der Waals surface area (Å²) < 4.78 is 6.09. The van der Waals surface area contributed by atoms with Gasteiger partial charge in [0.25, 0.3) is 0 Å². The third-order valence-corrected chi connectivity index (χ3v) is 5.19. The SMILES string of the molecule is COc1c(C)cnc(CN2CC(CC(N)=O)c3c(Br)nc(N)nc32)c1C. The molecular weight excluding hydrogens is 400 g/mol. The second-order valence-electron chi connectivity index (χ2n) is 6.40. The van der Waals surface area contributed by atoms with Gasteiger partial charge < -0.3 is 21.1 Å². The number of anilines is 2. The fraction of sp³-hybridized carbons (Fsp3) is 0.412. The van der Waals surface area contributed by atoms with Crippen molar-refractivity contribution in [3.63, 3.8) is 0 Å². The molecule has 26 heavy (non-hydrogen) atoms. The Kier molecular flexibility index (Phi) is 4.99. The second-order valence-corrected chi connectivity index (χ2v) is 7.16. The molecule has 1 aliphatic heterocycles. The van der Waals surface area contributed by atoms with E-state index in [1.807, 2.05) is 13.8 Å². The molecule has 0 aliphatic carbocycles. The number of carbonyl (C=O) groups is 1. The van der Waals surface area contributed by atoms with Crippen molar-refractivity contribution in [2.24, 2.45) is 5.73 Å². The van der Waals surface area contributed by atoms with Crippen LogP contribution in [0.2, 0.25) is 0 Å². The molecule has 0 fully saturated rings. The Hall–Kier alpha value is -2.42. The molecule has 0 saturated carbocycles. The Labute approximate surface area is 160 Å². The smallest absolute Gasteiger partial charge is 0.223 e. The van der Waals surface area contributed by atoms with E-state index in [4.69, 9.17) is 16.2 Å². The lowest BCUT2D eigenvalue weighted by molar-refractivity contribution is -0.118. The Bertz CT molecular complexity index is 873. The topological polar surface area (TPSA) is 120 Å². The van der Waals surface area contributed by atoms with Crippen LogP contribution >= 0.6 is 15.9 Å². The number of hydrogen-bond acceptors (Lipinski definition) is 7. The van der Waals surface area contributed by atoms with E-state index < -0.39 is 0 Å². The monoisotopic (exact) mass is 420 g/mol. The van der Waals surface area contributed by atoms with E-state index in [1.54, 1.807) is 13.3 Å². The van der Waals surface area contributed by atoms with Crippen LogP contribution < -0.4 is 21.1 Å². The zero-order valence-corrected chi connectivity index (χ0v) is 16.5. The fourth-order valence-corrected chi connectivity index (χ4v) is 4.13. The van der Waals surface area contributed by atoms with Gasteiger partial charge in [-0.15, -0.1) is 0 Å². The number of primary amides is 1. The molecule has 3 rings (SSSR count). The van der Waals surface area contributed by atoms with Gasteiger partial charge in [0.1, 0.15) is 16.2 Å². The number of rotatable bonds is 5. The first-order valence-corrected chi connectivity index (χ1v) is 8.96. The lowest BCUT2D eigenvalue weighted by atomic mass is 10.0. The fourth-order valence-electron chi connectivity index (χ4n) is 3.44. The summed E-state index contributed by atoms with van der Waals surface area (Å²) in [6, 6.07) is 0. The average molecular weight is 421 g/mol. The van der Waals surface area contributed by atoms with E-state index >= 15 is 0 Å². The van der Waals surface area contributed by atoms with E-state index in [-0.39, 0.29) is 24.2 Å². The predicted molar refractivity (Wildman–Crippen MR) is 102 cm³/mol. The molecule has 0 aromatic carbocycles. The Morgan fingerprint density at radius 3 is 2.81 bits per heavy atom. The standard InChI is InChI=1S/C17H21BrN6O2/c1-8-5-21-11(9(2)14(8)26-3)7-24-6-10(4-12(19)25)13-15(18)22-17(20)23-16(13)24/h5,10H,4,6-7H2,1-3H3,(H2,19,25)(H2,20,22,23). The van der Waals surface area contributed by atoms with Crippen LogP contribution in [0.25, 0.3) is 0 Å². The molecular formula is C17H21BrN6O2. The van der Waals surface area contributed by atoms with Gasteiger partial charge in [-0.05, 0) is 29.8 Å². The van der Waals surface area contributed by atoms with Gasteiger partial charge in [-0.1, -0.05) is 0 Å². The molecule has 0 radical (unpaired) electrons. The van der Waals surface area contributed by atoms with Crippen molar-refractivity contribution >= 4 is 33.6 Å². The second kappa shape index (κ2) is 7.06. The molecule has 2 aromatic rings. The molecule has 1 amide bonds. The Morgan fingerprint density at radius 1 is 1.42 bits per heavy atom. The highest BCUT2D eigenvalue weighted by Gasteiger charge is 2.34. The van der Waals surface area contributed by atoms with Crippen molar-refractivity contribution in [1.29, 1.82) is 0 Å². The highest BCUT2D eigenvalue weighted by atomic mass is 79.9. The molecule has 4 N–H and O–H groups in total. The largest absolute Gasteiger partial charge is 0.496 e. The molecule has 1 aliphatic rings. The van der Waals surface area contributed by atoms with Crippen LogP contribution in [0.3, 0.4) is 0 Å². The van der Waals surface area contributed by atoms with Crippen LogP contribution in [-0.2, 0) is 11.3 Å². The van der Waals surface area contributed by atoms with Gasteiger partial charge in [-0.25, -0.2) is 4.98 Å². The lowest BCUT2D eigenvalue weighted by Crippen LogP contribution is -2.25. The number of nitrogens with two attached hydrogens (primary N) is 2. The highest BCUT2D eigenvalue weighted by Crippen LogP contribution is 2.41. The third kappa shape index (κ3) is 3.31.